The van der Waals surface area contributed by atoms with Crippen molar-refractivity contribution in [1.82, 2.24) is 0 Å². The molecule has 1 aromatic rings. The number of rotatable bonds is 2. The molecule has 0 heterocycles. The van der Waals surface area contributed by atoms with Gasteiger partial charge in [0.15, 0.2) is 0 Å². The standard InChI is InChI=1S/C10H10BrN/c1-3-6-12-10-5-4-9(11)7-8(10)2/h1,4-5,7,12H,6H2,2H3. The normalized spacial score (nSPS) is 9.08. The highest BCUT2D eigenvalue weighted by atomic mass is 79.9. The molecule has 1 rings (SSSR count). The monoisotopic (exact) mass is 223 g/mol. The largest absolute Gasteiger partial charge is 0.374 e. The zero-order valence-electron chi connectivity index (χ0n) is 6.89. The number of benzene rings is 1. The smallest absolute Gasteiger partial charge is 0.0763 e. The molecule has 1 nitrogen and oxygen atoms in total. The van der Waals surface area contributed by atoms with Crippen molar-refractivity contribution in [3.8, 4) is 12.3 Å². The molecular weight excluding hydrogens is 214 g/mol. The van der Waals surface area contributed by atoms with Crippen LogP contribution in [0.15, 0.2) is 22.7 Å². The summed E-state index contributed by atoms with van der Waals surface area (Å²) in [6.45, 7) is 2.62. The van der Waals surface area contributed by atoms with E-state index in [0.717, 1.165) is 10.2 Å². The molecule has 12 heavy (non-hydrogen) atoms. The number of hydrogen-bond donors (Lipinski definition) is 1. The minimum absolute atomic E-state index is 0.572. The molecule has 0 saturated carbocycles. The zero-order chi connectivity index (χ0) is 8.97. The number of aryl methyl sites for hydroxylation is 1. The van der Waals surface area contributed by atoms with Gasteiger partial charge in [-0.1, -0.05) is 21.9 Å². The molecular formula is C10H10BrN. The van der Waals surface area contributed by atoms with Crippen LogP contribution in [0.5, 0.6) is 0 Å². The fourth-order valence-electron chi connectivity index (χ4n) is 0.972. The Morgan fingerprint density at radius 1 is 1.58 bits per heavy atom. The van der Waals surface area contributed by atoms with Crippen molar-refractivity contribution in [3.63, 3.8) is 0 Å². The first kappa shape index (κ1) is 9.15. The Hall–Kier alpha value is -0.940. The van der Waals surface area contributed by atoms with Crippen molar-refractivity contribution in [3.05, 3.63) is 28.2 Å². The van der Waals surface area contributed by atoms with Crippen molar-refractivity contribution in [2.45, 2.75) is 6.92 Å². The summed E-state index contributed by atoms with van der Waals surface area (Å²) in [6, 6.07) is 6.06. The third kappa shape index (κ3) is 2.28. The zero-order valence-corrected chi connectivity index (χ0v) is 8.48. The predicted molar refractivity (Wildman–Crippen MR) is 56.2 cm³/mol. The SMILES string of the molecule is C#CCNc1ccc(Br)cc1C. The van der Waals surface area contributed by atoms with Gasteiger partial charge in [0.25, 0.3) is 0 Å². The summed E-state index contributed by atoms with van der Waals surface area (Å²) < 4.78 is 1.09. The first-order valence-electron chi connectivity index (χ1n) is 3.67. The molecule has 0 aliphatic rings. The molecule has 0 atom stereocenters. The summed E-state index contributed by atoms with van der Waals surface area (Å²) in [5.74, 6) is 2.54. The van der Waals surface area contributed by atoms with Crippen LogP contribution < -0.4 is 5.32 Å². The molecule has 1 aromatic carbocycles. The molecule has 1 N–H and O–H groups in total. The molecule has 0 aliphatic heterocycles. The second-order valence-corrected chi connectivity index (χ2v) is 3.43. The third-order valence-corrected chi connectivity index (χ3v) is 2.06. The average molecular weight is 224 g/mol. The Labute approximate surface area is 81.3 Å². The van der Waals surface area contributed by atoms with Gasteiger partial charge in [-0.2, -0.15) is 0 Å². The lowest BCUT2D eigenvalue weighted by molar-refractivity contribution is 1.33. The van der Waals surface area contributed by atoms with Gasteiger partial charge in [-0.15, -0.1) is 6.42 Å². The second kappa shape index (κ2) is 4.18. The highest BCUT2D eigenvalue weighted by molar-refractivity contribution is 9.10. The maximum absolute atomic E-state index is 5.13. The number of terminal acetylenes is 1. The quantitative estimate of drug-likeness (QED) is 0.761. The van der Waals surface area contributed by atoms with Crippen LogP contribution in [0.4, 0.5) is 5.69 Å². The maximum atomic E-state index is 5.13. The summed E-state index contributed by atoms with van der Waals surface area (Å²) in [5.41, 5.74) is 2.29. The van der Waals surface area contributed by atoms with E-state index < -0.39 is 0 Å². The van der Waals surface area contributed by atoms with Crippen LogP contribution >= 0.6 is 15.9 Å². The van der Waals surface area contributed by atoms with Crippen molar-refractivity contribution >= 4 is 21.6 Å². The van der Waals surface area contributed by atoms with E-state index in [9.17, 15) is 0 Å². The van der Waals surface area contributed by atoms with Crippen LogP contribution in [0, 0.1) is 19.3 Å². The maximum Gasteiger partial charge on any atom is 0.0763 e. The molecule has 2 heteroatoms. The van der Waals surface area contributed by atoms with Crippen LogP contribution in [0.25, 0.3) is 0 Å². The van der Waals surface area contributed by atoms with E-state index in [0.29, 0.717) is 6.54 Å². The van der Waals surface area contributed by atoms with E-state index in [1.807, 2.05) is 19.1 Å². The Morgan fingerprint density at radius 2 is 2.33 bits per heavy atom. The Balaban J connectivity index is 2.81. The molecule has 0 amide bonds. The summed E-state index contributed by atoms with van der Waals surface area (Å²) >= 11 is 3.40. The second-order valence-electron chi connectivity index (χ2n) is 2.52. The van der Waals surface area contributed by atoms with Gasteiger partial charge < -0.3 is 5.32 Å². The molecule has 0 radical (unpaired) electrons. The van der Waals surface area contributed by atoms with Crippen molar-refractivity contribution in [2.24, 2.45) is 0 Å². The fourth-order valence-corrected chi connectivity index (χ4v) is 1.45. The molecule has 0 bridgehead atoms. The van der Waals surface area contributed by atoms with Crippen molar-refractivity contribution in [1.29, 1.82) is 0 Å². The Bertz CT molecular complexity index is 312. The lowest BCUT2D eigenvalue weighted by Gasteiger charge is -2.06. The molecule has 0 saturated heterocycles. The highest BCUT2D eigenvalue weighted by Crippen LogP contribution is 2.19. The van der Waals surface area contributed by atoms with Crippen molar-refractivity contribution < 1.29 is 0 Å². The average Bonchev–Trinajstić information content (AvgIpc) is 2.03. The summed E-state index contributed by atoms with van der Waals surface area (Å²) in [7, 11) is 0. The number of anilines is 1. The molecule has 0 aromatic heterocycles. The molecule has 62 valence electrons. The van der Waals surface area contributed by atoms with E-state index >= 15 is 0 Å². The van der Waals surface area contributed by atoms with Crippen LogP contribution in [0.3, 0.4) is 0 Å². The van der Waals surface area contributed by atoms with Crippen molar-refractivity contribution in [2.75, 3.05) is 11.9 Å². The number of hydrogen-bond acceptors (Lipinski definition) is 1. The van der Waals surface area contributed by atoms with Gasteiger partial charge in [0, 0.05) is 10.2 Å². The minimum Gasteiger partial charge on any atom is -0.374 e. The van der Waals surface area contributed by atoms with E-state index in [2.05, 4.69) is 33.2 Å². The Kier molecular flexibility index (Phi) is 3.19. The minimum atomic E-state index is 0.572. The lowest BCUT2D eigenvalue weighted by Crippen LogP contribution is -1.99. The first-order chi connectivity index (χ1) is 5.74. The van der Waals surface area contributed by atoms with E-state index in [1.165, 1.54) is 5.56 Å². The van der Waals surface area contributed by atoms with Crippen LogP contribution in [-0.4, -0.2) is 6.54 Å². The van der Waals surface area contributed by atoms with Gasteiger partial charge in [-0.05, 0) is 30.7 Å². The van der Waals surface area contributed by atoms with Gasteiger partial charge in [0.05, 0.1) is 6.54 Å². The summed E-state index contributed by atoms with van der Waals surface area (Å²) in [6.07, 6.45) is 5.13. The van der Waals surface area contributed by atoms with E-state index in [4.69, 9.17) is 6.42 Å². The number of halogens is 1. The summed E-state index contributed by atoms with van der Waals surface area (Å²) in [4.78, 5) is 0. The van der Waals surface area contributed by atoms with Crippen LogP contribution in [0.1, 0.15) is 5.56 Å². The van der Waals surface area contributed by atoms with Gasteiger partial charge >= 0.3 is 0 Å². The Morgan fingerprint density at radius 3 is 2.92 bits per heavy atom. The molecule has 0 unspecified atom stereocenters. The van der Waals surface area contributed by atoms with Gasteiger partial charge in [0.1, 0.15) is 0 Å². The van der Waals surface area contributed by atoms with Crippen LogP contribution in [0.2, 0.25) is 0 Å². The molecule has 0 spiro atoms. The highest BCUT2D eigenvalue weighted by Gasteiger charge is 1.95. The topological polar surface area (TPSA) is 12.0 Å². The van der Waals surface area contributed by atoms with Crippen LogP contribution in [-0.2, 0) is 0 Å². The third-order valence-electron chi connectivity index (χ3n) is 1.57. The van der Waals surface area contributed by atoms with Gasteiger partial charge in [0.2, 0.25) is 0 Å². The molecule has 0 fully saturated rings. The van der Waals surface area contributed by atoms with E-state index in [-0.39, 0.29) is 0 Å². The fraction of sp³-hybridized carbons (Fsp3) is 0.200. The summed E-state index contributed by atoms with van der Waals surface area (Å²) in [5, 5.41) is 3.13. The predicted octanol–water partition coefficient (Wildman–Crippen LogP) is 2.80. The first-order valence-corrected chi connectivity index (χ1v) is 4.47. The van der Waals surface area contributed by atoms with Gasteiger partial charge in [-0.3, -0.25) is 0 Å². The lowest BCUT2D eigenvalue weighted by atomic mass is 10.2. The van der Waals surface area contributed by atoms with E-state index in [1.54, 1.807) is 0 Å². The molecule has 0 aliphatic carbocycles. The number of nitrogens with one attached hydrogen (secondary N) is 1. The van der Waals surface area contributed by atoms with Gasteiger partial charge in [-0.25, -0.2) is 0 Å².